The summed E-state index contributed by atoms with van der Waals surface area (Å²) in [5.41, 5.74) is 1.95. The molecule has 1 amide bonds. The Hall–Kier alpha value is -1.35. The van der Waals surface area contributed by atoms with E-state index in [0.717, 1.165) is 37.1 Å². The van der Waals surface area contributed by atoms with Gasteiger partial charge >= 0.3 is 0 Å². The fourth-order valence-corrected chi connectivity index (χ4v) is 2.49. The van der Waals surface area contributed by atoms with Gasteiger partial charge in [-0.15, -0.1) is 0 Å². The normalized spacial score (nSPS) is 19.6. The van der Waals surface area contributed by atoms with Gasteiger partial charge in [-0.05, 0) is 38.9 Å². The van der Waals surface area contributed by atoms with Gasteiger partial charge in [0, 0.05) is 24.7 Å². The van der Waals surface area contributed by atoms with Crippen molar-refractivity contribution >= 4 is 5.91 Å². The number of hydrogen-bond donors (Lipinski definition) is 1. The highest BCUT2D eigenvalue weighted by Gasteiger charge is 2.28. The van der Waals surface area contributed by atoms with Crippen molar-refractivity contribution in [2.75, 3.05) is 20.1 Å². The molecule has 92 valence electrons. The molecule has 0 aromatic heterocycles. The third kappa shape index (κ3) is 2.67. The van der Waals surface area contributed by atoms with Crippen molar-refractivity contribution in [3.8, 4) is 0 Å². The van der Waals surface area contributed by atoms with Crippen LogP contribution in [-0.2, 0) is 0 Å². The molecule has 0 saturated carbocycles. The maximum atomic E-state index is 12.4. The molecule has 1 unspecified atom stereocenters. The maximum Gasteiger partial charge on any atom is 0.254 e. The lowest BCUT2D eigenvalue weighted by atomic mass is 10.1. The van der Waals surface area contributed by atoms with Crippen molar-refractivity contribution < 1.29 is 4.79 Å². The van der Waals surface area contributed by atoms with Gasteiger partial charge in [-0.2, -0.15) is 0 Å². The molecule has 1 heterocycles. The molecule has 1 atom stereocenters. The number of rotatable bonds is 3. The maximum absolute atomic E-state index is 12.4. The van der Waals surface area contributed by atoms with Crippen LogP contribution >= 0.6 is 0 Å². The molecule has 1 N–H and O–H groups in total. The minimum Gasteiger partial charge on any atom is -0.334 e. The van der Waals surface area contributed by atoms with Crippen LogP contribution in [-0.4, -0.2) is 37.0 Å². The Bertz CT molecular complexity index is 403. The summed E-state index contributed by atoms with van der Waals surface area (Å²) in [4.78, 5) is 14.4. The summed E-state index contributed by atoms with van der Waals surface area (Å²) in [6.07, 6.45) is 2.22. The van der Waals surface area contributed by atoms with Gasteiger partial charge in [-0.3, -0.25) is 4.79 Å². The second-order valence-electron chi connectivity index (χ2n) is 4.72. The van der Waals surface area contributed by atoms with Crippen molar-refractivity contribution in [3.63, 3.8) is 0 Å². The Balaban J connectivity index is 2.14. The third-order valence-electron chi connectivity index (χ3n) is 3.34. The highest BCUT2D eigenvalue weighted by Crippen LogP contribution is 2.19. The average Bonchev–Trinajstić information content (AvgIpc) is 2.77. The lowest BCUT2D eigenvalue weighted by Gasteiger charge is -2.24. The molecule has 17 heavy (non-hydrogen) atoms. The Morgan fingerprint density at radius 1 is 1.53 bits per heavy atom. The Morgan fingerprint density at radius 3 is 3.06 bits per heavy atom. The minimum atomic E-state index is 0.173. The summed E-state index contributed by atoms with van der Waals surface area (Å²) in [5.74, 6) is 0.173. The van der Waals surface area contributed by atoms with Gasteiger partial charge in [0.05, 0.1) is 0 Å². The van der Waals surface area contributed by atoms with Crippen LogP contribution in [0.15, 0.2) is 24.3 Å². The van der Waals surface area contributed by atoms with Crippen LogP contribution < -0.4 is 5.32 Å². The largest absolute Gasteiger partial charge is 0.334 e. The first-order valence-corrected chi connectivity index (χ1v) is 6.24. The van der Waals surface area contributed by atoms with Crippen LogP contribution in [0, 0.1) is 6.92 Å². The zero-order valence-electron chi connectivity index (χ0n) is 10.6. The first kappa shape index (κ1) is 12.1. The smallest absolute Gasteiger partial charge is 0.254 e. The van der Waals surface area contributed by atoms with Crippen LogP contribution in [0.3, 0.4) is 0 Å². The topological polar surface area (TPSA) is 32.3 Å². The van der Waals surface area contributed by atoms with E-state index in [-0.39, 0.29) is 5.91 Å². The average molecular weight is 232 g/mol. The number of amides is 1. The quantitative estimate of drug-likeness (QED) is 0.862. The lowest BCUT2D eigenvalue weighted by molar-refractivity contribution is 0.0737. The number of hydrogen-bond acceptors (Lipinski definition) is 2. The van der Waals surface area contributed by atoms with E-state index >= 15 is 0 Å². The SMILES string of the molecule is CNCC1CCCN1C(=O)c1cccc(C)c1. The summed E-state index contributed by atoms with van der Waals surface area (Å²) in [6.45, 7) is 3.79. The van der Waals surface area contributed by atoms with Gasteiger partial charge in [0.25, 0.3) is 5.91 Å². The van der Waals surface area contributed by atoms with Crippen LogP contribution in [0.5, 0.6) is 0 Å². The van der Waals surface area contributed by atoms with E-state index in [4.69, 9.17) is 0 Å². The van der Waals surface area contributed by atoms with Crippen LogP contribution in [0.25, 0.3) is 0 Å². The molecule has 0 spiro atoms. The van der Waals surface area contributed by atoms with E-state index in [9.17, 15) is 4.79 Å². The first-order chi connectivity index (χ1) is 8.22. The summed E-state index contributed by atoms with van der Waals surface area (Å²) in [6, 6.07) is 8.20. The predicted molar refractivity (Wildman–Crippen MR) is 69.2 cm³/mol. The Labute approximate surface area is 103 Å². The number of nitrogens with one attached hydrogen (secondary N) is 1. The molecular formula is C14H20N2O. The van der Waals surface area contributed by atoms with E-state index in [1.54, 1.807) is 0 Å². The van der Waals surface area contributed by atoms with E-state index in [2.05, 4.69) is 5.32 Å². The van der Waals surface area contributed by atoms with Gasteiger partial charge in [0.2, 0.25) is 0 Å². The standard InChI is InChI=1S/C14H20N2O/c1-11-5-3-6-12(9-11)14(17)16-8-4-7-13(16)10-15-2/h3,5-6,9,13,15H,4,7-8,10H2,1-2H3. The van der Waals surface area contributed by atoms with Crippen molar-refractivity contribution in [2.45, 2.75) is 25.8 Å². The molecule has 1 fully saturated rings. The van der Waals surface area contributed by atoms with Crippen LogP contribution in [0.1, 0.15) is 28.8 Å². The summed E-state index contributed by atoms with van der Waals surface area (Å²) < 4.78 is 0. The summed E-state index contributed by atoms with van der Waals surface area (Å²) in [5, 5.41) is 3.16. The van der Waals surface area contributed by atoms with Gasteiger partial charge < -0.3 is 10.2 Å². The van der Waals surface area contributed by atoms with Crippen molar-refractivity contribution in [1.82, 2.24) is 10.2 Å². The zero-order chi connectivity index (χ0) is 12.3. The van der Waals surface area contributed by atoms with Crippen molar-refractivity contribution in [1.29, 1.82) is 0 Å². The fourth-order valence-electron chi connectivity index (χ4n) is 2.49. The molecule has 3 heteroatoms. The van der Waals surface area contributed by atoms with E-state index in [1.807, 2.05) is 43.1 Å². The first-order valence-electron chi connectivity index (χ1n) is 6.24. The molecule has 1 aliphatic heterocycles. The van der Waals surface area contributed by atoms with Crippen molar-refractivity contribution in [3.05, 3.63) is 35.4 Å². The van der Waals surface area contributed by atoms with E-state index in [1.165, 1.54) is 0 Å². The molecule has 1 aliphatic rings. The van der Waals surface area contributed by atoms with Gasteiger partial charge in [0.1, 0.15) is 0 Å². The molecular weight excluding hydrogens is 212 g/mol. The predicted octanol–water partition coefficient (Wildman–Crippen LogP) is 1.82. The van der Waals surface area contributed by atoms with Crippen LogP contribution in [0.2, 0.25) is 0 Å². The van der Waals surface area contributed by atoms with Crippen molar-refractivity contribution in [2.24, 2.45) is 0 Å². The van der Waals surface area contributed by atoms with Crippen LogP contribution in [0.4, 0.5) is 0 Å². The number of likely N-dealkylation sites (tertiary alicyclic amines) is 1. The molecule has 1 saturated heterocycles. The number of carbonyl (C=O) groups excluding carboxylic acids is 1. The van der Waals surface area contributed by atoms with E-state index < -0.39 is 0 Å². The number of benzene rings is 1. The monoisotopic (exact) mass is 232 g/mol. The second kappa shape index (κ2) is 5.32. The molecule has 2 rings (SSSR count). The van der Waals surface area contributed by atoms with Gasteiger partial charge in [0.15, 0.2) is 0 Å². The minimum absolute atomic E-state index is 0.173. The zero-order valence-corrected chi connectivity index (χ0v) is 10.6. The fraction of sp³-hybridized carbons (Fsp3) is 0.500. The molecule has 1 aromatic rings. The molecule has 1 aromatic carbocycles. The third-order valence-corrected chi connectivity index (χ3v) is 3.34. The Kier molecular flexibility index (Phi) is 3.79. The highest BCUT2D eigenvalue weighted by molar-refractivity contribution is 5.94. The molecule has 0 aliphatic carbocycles. The highest BCUT2D eigenvalue weighted by atomic mass is 16.2. The van der Waals surface area contributed by atoms with Gasteiger partial charge in [-0.1, -0.05) is 17.7 Å². The number of carbonyl (C=O) groups is 1. The molecule has 0 radical (unpaired) electrons. The number of nitrogens with zero attached hydrogens (tertiary/aromatic N) is 1. The summed E-state index contributed by atoms with van der Waals surface area (Å²) in [7, 11) is 1.94. The molecule has 0 bridgehead atoms. The van der Waals surface area contributed by atoms with E-state index in [0.29, 0.717) is 6.04 Å². The lowest BCUT2D eigenvalue weighted by Crippen LogP contribution is -2.40. The van der Waals surface area contributed by atoms with Gasteiger partial charge in [-0.25, -0.2) is 0 Å². The number of likely N-dealkylation sites (N-methyl/N-ethyl adjacent to an activating group) is 1. The summed E-state index contributed by atoms with van der Waals surface area (Å²) >= 11 is 0. The molecule has 3 nitrogen and oxygen atoms in total. The number of aryl methyl sites for hydroxylation is 1. The Morgan fingerprint density at radius 2 is 2.35 bits per heavy atom. The second-order valence-corrected chi connectivity index (χ2v) is 4.72.